The minimum Gasteiger partial charge on any atom is -0.467 e. The number of nitrogens with one attached hydrogen (secondary N) is 1. The molecule has 0 saturated carbocycles. The Morgan fingerprint density at radius 2 is 2.00 bits per heavy atom. The second-order valence-electron chi connectivity index (χ2n) is 6.90. The summed E-state index contributed by atoms with van der Waals surface area (Å²) in [5.41, 5.74) is 2.33. The molecule has 6 nitrogen and oxygen atoms in total. The van der Waals surface area contributed by atoms with Gasteiger partial charge in [0.05, 0.1) is 18.7 Å². The quantitative estimate of drug-likeness (QED) is 0.840. The summed E-state index contributed by atoms with van der Waals surface area (Å²) in [6, 6.07) is 12.5. The van der Waals surface area contributed by atoms with Crippen LogP contribution in [0.5, 0.6) is 5.75 Å². The minimum atomic E-state index is -0.804. The van der Waals surface area contributed by atoms with Crippen molar-refractivity contribution in [2.75, 3.05) is 12.0 Å². The first-order chi connectivity index (χ1) is 12.4. The molecule has 1 fully saturated rings. The molecule has 2 aliphatic heterocycles. The lowest BCUT2D eigenvalue weighted by molar-refractivity contribution is 0.0377. The SMILES string of the molecule is COC(=O)c1ccc2c(c1)[C@H]1C[C@](C)(O2)N(c2ccc(C)cc2)C(=O)N1. The molecular weight excluding hydrogens is 332 g/mol. The predicted octanol–water partition coefficient (Wildman–Crippen LogP) is 3.55. The van der Waals surface area contributed by atoms with Crippen LogP contribution in [0.2, 0.25) is 0 Å². The molecule has 2 atom stereocenters. The molecule has 2 aromatic rings. The zero-order chi connectivity index (χ0) is 18.5. The number of carbonyl (C=O) groups excluding carboxylic acids is 2. The van der Waals surface area contributed by atoms with Crippen LogP contribution in [0, 0.1) is 6.92 Å². The molecule has 2 heterocycles. The van der Waals surface area contributed by atoms with Crippen molar-refractivity contribution in [2.45, 2.75) is 32.0 Å². The van der Waals surface area contributed by atoms with Crippen LogP contribution < -0.4 is 15.0 Å². The Balaban J connectivity index is 1.75. The van der Waals surface area contributed by atoms with Crippen molar-refractivity contribution in [2.24, 2.45) is 0 Å². The number of hydrogen-bond acceptors (Lipinski definition) is 4. The summed E-state index contributed by atoms with van der Waals surface area (Å²) in [5, 5.41) is 3.03. The van der Waals surface area contributed by atoms with E-state index in [1.54, 1.807) is 23.1 Å². The average Bonchev–Trinajstić information content (AvgIpc) is 2.61. The van der Waals surface area contributed by atoms with E-state index in [-0.39, 0.29) is 12.1 Å². The standard InChI is InChI=1S/C20H20N2O4/c1-12-4-7-14(8-5-12)22-19(24)21-16-11-20(22,2)26-17-9-6-13(10-15(16)17)18(23)25-3/h4-10,16H,11H2,1-3H3,(H,21,24)/t16-,20+/m1/s1. The zero-order valence-corrected chi connectivity index (χ0v) is 14.9. The highest BCUT2D eigenvalue weighted by molar-refractivity contribution is 5.95. The number of ether oxygens (including phenoxy) is 2. The number of benzene rings is 2. The fourth-order valence-corrected chi connectivity index (χ4v) is 3.70. The minimum absolute atomic E-state index is 0.220. The van der Waals surface area contributed by atoms with E-state index < -0.39 is 11.7 Å². The number of methoxy groups -OCH3 is 1. The summed E-state index contributed by atoms with van der Waals surface area (Å²) in [5.74, 6) is 0.248. The van der Waals surface area contributed by atoms with Crippen LogP contribution in [-0.2, 0) is 4.74 Å². The fraction of sp³-hybridized carbons (Fsp3) is 0.300. The number of aryl methyl sites for hydroxylation is 1. The van der Waals surface area contributed by atoms with Gasteiger partial charge in [-0.1, -0.05) is 17.7 Å². The van der Waals surface area contributed by atoms with Gasteiger partial charge in [0.25, 0.3) is 0 Å². The Kier molecular flexibility index (Phi) is 3.64. The molecule has 2 bridgehead atoms. The van der Waals surface area contributed by atoms with Crippen molar-refractivity contribution < 1.29 is 19.1 Å². The van der Waals surface area contributed by atoms with Crippen molar-refractivity contribution in [1.29, 1.82) is 0 Å². The van der Waals surface area contributed by atoms with Crippen molar-refractivity contribution in [1.82, 2.24) is 5.32 Å². The van der Waals surface area contributed by atoms with Gasteiger partial charge in [-0.2, -0.15) is 0 Å². The van der Waals surface area contributed by atoms with Crippen LogP contribution in [0.4, 0.5) is 10.5 Å². The number of hydrogen-bond donors (Lipinski definition) is 1. The Morgan fingerprint density at radius 3 is 2.69 bits per heavy atom. The second kappa shape index (κ2) is 5.76. The van der Waals surface area contributed by atoms with E-state index in [0.717, 1.165) is 16.8 Å². The van der Waals surface area contributed by atoms with E-state index >= 15 is 0 Å². The van der Waals surface area contributed by atoms with Crippen molar-refractivity contribution >= 4 is 17.7 Å². The number of anilines is 1. The van der Waals surface area contributed by atoms with Gasteiger partial charge >= 0.3 is 12.0 Å². The third-order valence-corrected chi connectivity index (χ3v) is 4.98. The number of carbonyl (C=O) groups is 2. The number of amides is 2. The topological polar surface area (TPSA) is 67.9 Å². The van der Waals surface area contributed by atoms with Crippen LogP contribution in [0.15, 0.2) is 42.5 Å². The number of rotatable bonds is 2. The van der Waals surface area contributed by atoms with Gasteiger partial charge in [0.2, 0.25) is 0 Å². The maximum absolute atomic E-state index is 12.8. The Bertz CT molecular complexity index is 893. The first kappa shape index (κ1) is 16.4. The van der Waals surface area contributed by atoms with Crippen LogP contribution >= 0.6 is 0 Å². The molecule has 134 valence electrons. The number of esters is 1. The predicted molar refractivity (Wildman–Crippen MR) is 96.4 cm³/mol. The van der Waals surface area contributed by atoms with Gasteiger partial charge in [-0.05, 0) is 44.2 Å². The molecule has 0 aromatic heterocycles. The van der Waals surface area contributed by atoms with Crippen molar-refractivity contribution in [3.63, 3.8) is 0 Å². The normalized spacial score (nSPS) is 23.6. The monoisotopic (exact) mass is 352 g/mol. The molecule has 2 aliphatic rings. The summed E-state index contributed by atoms with van der Waals surface area (Å²) >= 11 is 0. The van der Waals surface area contributed by atoms with E-state index in [1.807, 2.05) is 38.1 Å². The van der Waals surface area contributed by atoms with E-state index in [9.17, 15) is 9.59 Å². The summed E-state index contributed by atoms with van der Waals surface area (Å²) < 4.78 is 11.0. The molecule has 0 unspecified atom stereocenters. The zero-order valence-electron chi connectivity index (χ0n) is 14.9. The van der Waals surface area contributed by atoms with Gasteiger partial charge < -0.3 is 14.8 Å². The summed E-state index contributed by atoms with van der Waals surface area (Å²) in [6.07, 6.45) is 0.574. The molecule has 1 saturated heterocycles. The highest BCUT2D eigenvalue weighted by Gasteiger charge is 2.49. The van der Waals surface area contributed by atoms with Gasteiger partial charge in [0.1, 0.15) is 5.75 Å². The second-order valence-corrected chi connectivity index (χ2v) is 6.90. The average molecular weight is 352 g/mol. The first-order valence-corrected chi connectivity index (χ1v) is 8.50. The van der Waals surface area contributed by atoms with Crippen molar-refractivity contribution in [3.05, 3.63) is 59.2 Å². The van der Waals surface area contributed by atoms with Crippen LogP contribution in [0.3, 0.4) is 0 Å². The van der Waals surface area contributed by atoms with Crippen LogP contribution in [-0.4, -0.2) is 24.8 Å². The third-order valence-electron chi connectivity index (χ3n) is 4.98. The Labute approximate surface area is 151 Å². The largest absolute Gasteiger partial charge is 0.467 e. The maximum Gasteiger partial charge on any atom is 0.337 e. The number of fused-ring (bicyclic) bond motifs is 4. The van der Waals surface area contributed by atoms with E-state index in [0.29, 0.717) is 17.7 Å². The number of nitrogens with zero attached hydrogens (tertiary/aromatic N) is 1. The Morgan fingerprint density at radius 1 is 1.27 bits per heavy atom. The van der Waals surface area contributed by atoms with Gasteiger partial charge in [-0.15, -0.1) is 0 Å². The molecule has 4 rings (SSSR count). The summed E-state index contributed by atoms with van der Waals surface area (Å²) in [4.78, 5) is 26.3. The highest BCUT2D eigenvalue weighted by atomic mass is 16.5. The summed E-state index contributed by atoms with van der Waals surface area (Å²) in [6.45, 7) is 3.92. The molecule has 6 heteroatoms. The highest BCUT2D eigenvalue weighted by Crippen LogP contribution is 2.45. The van der Waals surface area contributed by atoms with Crippen LogP contribution in [0.25, 0.3) is 0 Å². The Hall–Kier alpha value is -3.02. The van der Waals surface area contributed by atoms with Gasteiger partial charge in [0.15, 0.2) is 5.72 Å². The van der Waals surface area contributed by atoms with Gasteiger partial charge in [0, 0.05) is 17.7 Å². The first-order valence-electron chi connectivity index (χ1n) is 8.50. The number of urea groups is 1. The molecule has 0 radical (unpaired) electrons. The van der Waals surface area contributed by atoms with E-state index in [1.165, 1.54) is 7.11 Å². The lowest BCUT2D eigenvalue weighted by Crippen LogP contribution is -2.65. The smallest absolute Gasteiger partial charge is 0.337 e. The van der Waals surface area contributed by atoms with Gasteiger partial charge in [-0.25, -0.2) is 9.59 Å². The lowest BCUT2D eigenvalue weighted by atomic mass is 9.89. The molecular formula is C20H20N2O4. The van der Waals surface area contributed by atoms with Crippen molar-refractivity contribution in [3.8, 4) is 5.75 Å². The molecule has 0 aliphatic carbocycles. The van der Waals surface area contributed by atoms with Gasteiger partial charge in [-0.3, -0.25) is 4.90 Å². The maximum atomic E-state index is 12.8. The van der Waals surface area contributed by atoms with E-state index in [2.05, 4.69) is 5.32 Å². The summed E-state index contributed by atoms with van der Waals surface area (Å²) in [7, 11) is 1.34. The lowest BCUT2D eigenvalue weighted by Gasteiger charge is -2.50. The molecule has 2 amide bonds. The van der Waals surface area contributed by atoms with E-state index in [4.69, 9.17) is 9.47 Å². The molecule has 26 heavy (non-hydrogen) atoms. The fourth-order valence-electron chi connectivity index (χ4n) is 3.70. The molecule has 2 aromatic carbocycles. The van der Waals surface area contributed by atoms with Crippen LogP contribution in [0.1, 0.15) is 40.9 Å². The molecule has 0 spiro atoms. The third kappa shape index (κ3) is 2.49. The molecule has 1 N–H and O–H groups in total.